The van der Waals surface area contributed by atoms with Gasteiger partial charge in [0.05, 0.1) is 0 Å². The Labute approximate surface area is 91.2 Å². The lowest BCUT2D eigenvalue weighted by Gasteiger charge is -2.09. The van der Waals surface area contributed by atoms with Gasteiger partial charge in [-0.15, -0.1) is 0 Å². The van der Waals surface area contributed by atoms with Gasteiger partial charge >= 0.3 is 0 Å². The van der Waals surface area contributed by atoms with E-state index >= 15 is 0 Å². The van der Waals surface area contributed by atoms with E-state index in [1.807, 2.05) is 31.3 Å². The van der Waals surface area contributed by atoms with Crippen molar-refractivity contribution in [2.45, 2.75) is 20.4 Å². The molecule has 1 rings (SSSR count). The number of rotatable bonds is 6. The molecule has 0 aliphatic carbocycles. The van der Waals surface area contributed by atoms with E-state index in [9.17, 15) is 0 Å². The van der Waals surface area contributed by atoms with E-state index < -0.39 is 0 Å². The standard InChI is InChI=1S/C12H18N2O/c1-3-5-8-15-12-6-7-14-10-11(12)9-13-4-2/h3,5-7,10,13H,4,8-9H2,1-2H3/b5-3+. The summed E-state index contributed by atoms with van der Waals surface area (Å²) in [5, 5.41) is 3.26. The largest absolute Gasteiger partial charge is 0.489 e. The lowest BCUT2D eigenvalue weighted by Crippen LogP contribution is -2.13. The fourth-order valence-electron chi connectivity index (χ4n) is 1.18. The second-order valence-electron chi connectivity index (χ2n) is 3.14. The Morgan fingerprint density at radius 3 is 3.13 bits per heavy atom. The van der Waals surface area contributed by atoms with E-state index in [1.54, 1.807) is 6.20 Å². The van der Waals surface area contributed by atoms with E-state index in [2.05, 4.69) is 17.2 Å². The van der Waals surface area contributed by atoms with Gasteiger partial charge in [-0.1, -0.05) is 19.1 Å². The highest BCUT2D eigenvalue weighted by Crippen LogP contribution is 2.16. The fourth-order valence-corrected chi connectivity index (χ4v) is 1.18. The summed E-state index contributed by atoms with van der Waals surface area (Å²) in [5.74, 6) is 0.907. The molecule has 15 heavy (non-hydrogen) atoms. The number of pyridine rings is 1. The summed E-state index contributed by atoms with van der Waals surface area (Å²) in [4.78, 5) is 4.09. The van der Waals surface area contributed by atoms with Crippen molar-refractivity contribution in [2.24, 2.45) is 0 Å². The van der Waals surface area contributed by atoms with Crippen molar-refractivity contribution in [3.63, 3.8) is 0 Å². The molecule has 0 radical (unpaired) electrons. The van der Waals surface area contributed by atoms with Gasteiger partial charge in [0.25, 0.3) is 0 Å². The molecule has 0 aliphatic rings. The molecule has 0 aliphatic heterocycles. The van der Waals surface area contributed by atoms with Crippen molar-refractivity contribution in [1.29, 1.82) is 0 Å². The van der Waals surface area contributed by atoms with E-state index in [4.69, 9.17) is 4.74 Å². The van der Waals surface area contributed by atoms with Crippen molar-refractivity contribution in [1.82, 2.24) is 10.3 Å². The number of allylic oxidation sites excluding steroid dienone is 1. The molecule has 0 aromatic carbocycles. The van der Waals surface area contributed by atoms with Gasteiger partial charge in [-0.2, -0.15) is 0 Å². The van der Waals surface area contributed by atoms with Crippen molar-refractivity contribution >= 4 is 0 Å². The van der Waals surface area contributed by atoms with Crippen LogP contribution in [0.4, 0.5) is 0 Å². The quantitative estimate of drug-likeness (QED) is 0.724. The summed E-state index contributed by atoms with van der Waals surface area (Å²) >= 11 is 0. The van der Waals surface area contributed by atoms with Gasteiger partial charge in [0.1, 0.15) is 12.4 Å². The molecule has 0 unspecified atom stereocenters. The monoisotopic (exact) mass is 206 g/mol. The first-order valence-corrected chi connectivity index (χ1v) is 5.26. The maximum Gasteiger partial charge on any atom is 0.127 e. The van der Waals surface area contributed by atoms with Crippen LogP contribution in [0.1, 0.15) is 19.4 Å². The lowest BCUT2D eigenvalue weighted by atomic mass is 10.2. The third-order valence-corrected chi connectivity index (χ3v) is 2.00. The number of nitrogens with zero attached hydrogens (tertiary/aromatic N) is 1. The minimum atomic E-state index is 0.611. The molecule has 3 nitrogen and oxygen atoms in total. The zero-order valence-corrected chi connectivity index (χ0v) is 9.36. The maximum absolute atomic E-state index is 5.61. The fraction of sp³-hybridized carbons (Fsp3) is 0.417. The molecule has 1 N–H and O–H groups in total. The predicted octanol–water partition coefficient (Wildman–Crippen LogP) is 2.15. The van der Waals surface area contributed by atoms with Crippen LogP contribution in [0.25, 0.3) is 0 Å². The third-order valence-electron chi connectivity index (χ3n) is 2.00. The molecule has 1 heterocycles. The Morgan fingerprint density at radius 2 is 2.40 bits per heavy atom. The SMILES string of the molecule is C/C=C/COc1ccncc1CNCC. The number of nitrogens with one attached hydrogen (secondary N) is 1. The van der Waals surface area contributed by atoms with Gasteiger partial charge in [0, 0.05) is 24.5 Å². The van der Waals surface area contributed by atoms with Crippen LogP contribution in [-0.4, -0.2) is 18.1 Å². The van der Waals surface area contributed by atoms with Crippen molar-refractivity contribution < 1.29 is 4.74 Å². The molecule has 0 fully saturated rings. The zero-order chi connectivity index (χ0) is 10.9. The Kier molecular flexibility index (Phi) is 5.48. The van der Waals surface area contributed by atoms with Crippen LogP contribution in [0.5, 0.6) is 5.75 Å². The number of hydrogen-bond acceptors (Lipinski definition) is 3. The van der Waals surface area contributed by atoms with E-state index in [-0.39, 0.29) is 0 Å². The second-order valence-corrected chi connectivity index (χ2v) is 3.14. The van der Waals surface area contributed by atoms with Gasteiger partial charge in [0.15, 0.2) is 0 Å². The molecular weight excluding hydrogens is 188 g/mol. The predicted molar refractivity (Wildman–Crippen MR) is 61.9 cm³/mol. The highest BCUT2D eigenvalue weighted by molar-refractivity contribution is 5.30. The number of aromatic nitrogens is 1. The molecule has 0 atom stereocenters. The van der Waals surface area contributed by atoms with Gasteiger partial charge in [-0.25, -0.2) is 0 Å². The summed E-state index contributed by atoms with van der Waals surface area (Å²) in [6, 6.07) is 1.90. The van der Waals surface area contributed by atoms with E-state index in [0.717, 1.165) is 24.4 Å². The van der Waals surface area contributed by atoms with Crippen LogP contribution in [-0.2, 0) is 6.54 Å². The lowest BCUT2D eigenvalue weighted by molar-refractivity contribution is 0.357. The molecule has 0 bridgehead atoms. The first-order chi connectivity index (χ1) is 7.38. The van der Waals surface area contributed by atoms with Gasteiger partial charge < -0.3 is 10.1 Å². The van der Waals surface area contributed by atoms with E-state index in [1.165, 1.54) is 0 Å². The minimum Gasteiger partial charge on any atom is -0.489 e. The first kappa shape index (κ1) is 11.7. The molecule has 0 saturated carbocycles. The van der Waals surface area contributed by atoms with Crippen molar-refractivity contribution in [2.75, 3.05) is 13.2 Å². The summed E-state index contributed by atoms with van der Waals surface area (Å²) in [5.41, 5.74) is 1.10. The first-order valence-electron chi connectivity index (χ1n) is 5.26. The molecule has 0 spiro atoms. The van der Waals surface area contributed by atoms with Crippen molar-refractivity contribution in [3.8, 4) is 5.75 Å². The van der Waals surface area contributed by atoms with Crippen molar-refractivity contribution in [3.05, 3.63) is 36.2 Å². The van der Waals surface area contributed by atoms with Crippen LogP contribution in [0, 0.1) is 0 Å². The summed E-state index contributed by atoms with van der Waals surface area (Å²) in [7, 11) is 0. The molecule has 0 amide bonds. The zero-order valence-electron chi connectivity index (χ0n) is 9.36. The average molecular weight is 206 g/mol. The summed E-state index contributed by atoms with van der Waals surface area (Å²) < 4.78 is 5.61. The van der Waals surface area contributed by atoms with Gasteiger partial charge in [-0.3, -0.25) is 4.98 Å². The van der Waals surface area contributed by atoms with E-state index in [0.29, 0.717) is 6.61 Å². The Morgan fingerprint density at radius 1 is 1.53 bits per heavy atom. The van der Waals surface area contributed by atoms with Crippen LogP contribution in [0.2, 0.25) is 0 Å². The van der Waals surface area contributed by atoms with Crippen LogP contribution < -0.4 is 10.1 Å². The second kappa shape index (κ2) is 7.01. The molecule has 1 aromatic rings. The Hall–Kier alpha value is -1.35. The number of ether oxygens (including phenoxy) is 1. The highest BCUT2D eigenvalue weighted by Gasteiger charge is 2.01. The topological polar surface area (TPSA) is 34.1 Å². The Bertz CT molecular complexity index is 310. The molecular formula is C12H18N2O. The highest BCUT2D eigenvalue weighted by atomic mass is 16.5. The van der Waals surface area contributed by atoms with Crippen LogP contribution in [0.15, 0.2) is 30.6 Å². The van der Waals surface area contributed by atoms with Gasteiger partial charge in [-0.05, 0) is 19.5 Å². The Balaban J connectivity index is 2.59. The minimum absolute atomic E-state index is 0.611. The molecule has 3 heteroatoms. The number of hydrogen-bond donors (Lipinski definition) is 1. The summed E-state index contributed by atoms with van der Waals surface area (Å²) in [6.07, 6.45) is 7.55. The maximum atomic E-state index is 5.61. The summed E-state index contributed by atoms with van der Waals surface area (Å²) in [6.45, 7) is 6.42. The smallest absolute Gasteiger partial charge is 0.127 e. The normalized spacial score (nSPS) is 10.8. The van der Waals surface area contributed by atoms with Crippen LogP contribution in [0.3, 0.4) is 0 Å². The van der Waals surface area contributed by atoms with Gasteiger partial charge in [0.2, 0.25) is 0 Å². The molecule has 0 saturated heterocycles. The molecule has 1 aromatic heterocycles. The average Bonchev–Trinajstić information content (AvgIpc) is 2.28. The van der Waals surface area contributed by atoms with Crippen LogP contribution >= 0.6 is 0 Å². The third kappa shape index (κ3) is 4.13. The molecule has 82 valence electrons.